The van der Waals surface area contributed by atoms with Crippen LogP contribution in [-0.2, 0) is 11.2 Å². The molecule has 28 heavy (non-hydrogen) atoms. The molecule has 0 saturated carbocycles. The summed E-state index contributed by atoms with van der Waals surface area (Å²) in [6.07, 6.45) is 2.82. The van der Waals surface area contributed by atoms with E-state index in [1.807, 2.05) is 36.4 Å². The minimum absolute atomic E-state index is 0.0817. The number of carbonyl (C=O) groups is 2. The van der Waals surface area contributed by atoms with Crippen molar-refractivity contribution in [3.05, 3.63) is 71.3 Å². The van der Waals surface area contributed by atoms with E-state index in [-0.39, 0.29) is 12.5 Å². The summed E-state index contributed by atoms with van der Waals surface area (Å²) in [6.45, 7) is 4.27. The van der Waals surface area contributed by atoms with Crippen LogP contribution in [0.5, 0.6) is 5.75 Å². The molecule has 0 atom stereocenters. The van der Waals surface area contributed by atoms with E-state index in [1.54, 1.807) is 23.9 Å². The fourth-order valence-corrected chi connectivity index (χ4v) is 3.48. The zero-order valence-corrected chi connectivity index (χ0v) is 16.9. The van der Waals surface area contributed by atoms with E-state index in [9.17, 15) is 9.59 Å². The van der Waals surface area contributed by atoms with Crippen LogP contribution in [0, 0.1) is 0 Å². The summed E-state index contributed by atoms with van der Waals surface area (Å²) in [5.74, 6) is 0.258. The molecule has 2 aromatic carbocycles. The molecule has 2 rings (SSSR count). The predicted octanol–water partition coefficient (Wildman–Crippen LogP) is 4.18. The average Bonchev–Trinajstić information content (AvgIpc) is 2.67. The third-order valence-corrected chi connectivity index (χ3v) is 4.85. The number of ether oxygens (including phenoxy) is 1. The highest BCUT2D eigenvalue weighted by Crippen LogP contribution is 2.23. The summed E-state index contributed by atoms with van der Waals surface area (Å²) in [6, 6.07) is 14.8. The smallest absolute Gasteiger partial charge is 0.341 e. The molecule has 148 valence electrons. The van der Waals surface area contributed by atoms with Crippen molar-refractivity contribution in [2.45, 2.75) is 25.2 Å². The Kier molecular flexibility index (Phi) is 8.62. The molecular weight excluding hydrogens is 374 g/mol. The van der Waals surface area contributed by atoms with Crippen LogP contribution in [0.4, 0.5) is 0 Å². The largest absolute Gasteiger partial charge is 0.482 e. The van der Waals surface area contributed by atoms with E-state index in [4.69, 9.17) is 9.84 Å². The van der Waals surface area contributed by atoms with E-state index < -0.39 is 5.97 Å². The van der Waals surface area contributed by atoms with Gasteiger partial charge in [-0.25, -0.2) is 4.79 Å². The van der Waals surface area contributed by atoms with Crippen LogP contribution >= 0.6 is 11.8 Å². The molecule has 0 unspecified atom stereocenters. The molecule has 0 fully saturated rings. The normalized spacial score (nSPS) is 10.2. The number of hydrogen-bond acceptors (Lipinski definition) is 4. The maximum absolute atomic E-state index is 12.5. The topological polar surface area (TPSA) is 75.6 Å². The molecule has 0 aliphatic rings. The van der Waals surface area contributed by atoms with Gasteiger partial charge in [-0.2, -0.15) is 0 Å². The van der Waals surface area contributed by atoms with Crippen molar-refractivity contribution in [3.63, 3.8) is 0 Å². The van der Waals surface area contributed by atoms with Gasteiger partial charge in [0, 0.05) is 17.2 Å². The lowest BCUT2D eigenvalue weighted by molar-refractivity contribution is -0.139. The summed E-state index contributed by atoms with van der Waals surface area (Å²) in [5, 5.41) is 11.6. The molecule has 0 heterocycles. The van der Waals surface area contributed by atoms with Gasteiger partial charge in [-0.3, -0.25) is 4.79 Å². The zero-order valence-electron chi connectivity index (χ0n) is 16.1. The molecule has 0 aromatic heterocycles. The van der Waals surface area contributed by atoms with Crippen molar-refractivity contribution in [1.82, 2.24) is 5.32 Å². The number of amides is 1. The summed E-state index contributed by atoms with van der Waals surface area (Å²) in [4.78, 5) is 24.0. The zero-order chi connectivity index (χ0) is 20.4. The molecule has 1 amide bonds. The minimum atomic E-state index is -1.01. The maximum atomic E-state index is 12.5. The first-order valence-electron chi connectivity index (χ1n) is 9.02. The second-order valence-electron chi connectivity index (χ2n) is 6.42. The number of nitrogens with one attached hydrogen (secondary N) is 1. The fourth-order valence-electron chi connectivity index (χ4n) is 2.39. The van der Waals surface area contributed by atoms with Crippen LogP contribution in [0.1, 0.15) is 29.8 Å². The van der Waals surface area contributed by atoms with E-state index in [0.29, 0.717) is 24.3 Å². The highest BCUT2D eigenvalue weighted by atomic mass is 32.2. The van der Waals surface area contributed by atoms with E-state index in [0.717, 1.165) is 16.2 Å². The van der Waals surface area contributed by atoms with Gasteiger partial charge in [0.15, 0.2) is 6.61 Å². The Morgan fingerprint density at radius 1 is 1.11 bits per heavy atom. The van der Waals surface area contributed by atoms with Crippen molar-refractivity contribution in [3.8, 4) is 5.75 Å². The van der Waals surface area contributed by atoms with Gasteiger partial charge in [0.1, 0.15) is 5.75 Å². The van der Waals surface area contributed by atoms with Gasteiger partial charge < -0.3 is 15.2 Å². The number of rotatable bonds is 10. The van der Waals surface area contributed by atoms with Gasteiger partial charge in [0.25, 0.3) is 5.91 Å². The summed E-state index contributed by atoms with van der Waals surface area (Å²) in [7, 11) is 0. The Labute approximate surface area is 169 Å². The first kappa shape index (κ1) is 21.6. The van der Waals surface area contributed by atoms with Gasteiger partial charge in [-0.1, -0.05) is 35.9 Å². The summed E-state index contributed by atoms with van der Waals surface area (Å²) < 4.78 is 5.11. The monoisotopic (exact) mass is 399 g/mol. The lowest BCUT2D eigenvalue weighted by Crippen LogP contribution is -2.26. The molecule has 5 nitrogen and oxygen atoms in total. The standard InChI is InChI=1S/C22H25NO4S/c1-16(2)12-14-28-20-6-4-3-5-19(20)22(26)23-13-11-17-7-9-18(10-8-17)27-15-21(24)25/h3-10,12H,11,13-15H2,1-2H3,(H,23,26)(H,24,25). The lowest BCUT2D eigenvalue weighted by Gasteiger charge is -2.10. The molecule has 0 radical (unpaired) electrons. The van der Waals surface area contributed by atoms with Gasteiger partial charge in [0.2, 0.25) is 0 Å². The van der Waals surface area contributed by atoms with Crippen LogP contribution in [0.2, 0.25) is 0 Å². The summed E-state index contributed by atoms with van der Waals surface area (Å²) >= 11 is 1.65. The Balaban J connectivity index is 1.85. The Morgan fingerprint density at radius 3 is 2.50 bits per heavy atom. The number of carboxylic acid groups (broad SMARTS) is 1. The van der Waals surface area contributed by atoms with E-state index in [2.05, 4.69) is 25.2 Å². The molecule has 6 heteroatoms. The molecule has 0 spiro atoms. The molecular formula is C22H25NO4S. The predicted molar refractivity (Wildman–Crippen MR) is 112 cm³/mol. The van der Waals surface area contributed by atoms with Crippen molar-refractivity contribution in [2.24, 2.45) is 0 Å². The SMILES string of the molecule is CC(C)=CCSc1ccccc1C(=O)NCCc1ccc(OCC(=O)O)cc1. The van der Waals surface area contributed by atoms with Gasteiger partial charge >= 0.3 is 5.97 Å². The number of allylic oxidation sites excluding steroid dienone is 1. The van der Waals surface area contributed by atoms with E-state index >= 15 is 0 Å². The van der Waals surface area contributed by atoms with Gasteiger partial charge in [0.05, 0.1) is 5.56 Å². The number of carbonyl (C=O) groups excluding carboxylic acids is 1. The maximum Gasteiger partial charge on any atom is 0.341 e. The Hall–Kier alpha value is -2.73. The summed E-state index contributed by atoms with van der Waals surface area (Å²) in [5.41, 5.74) is 2.98. The highest BCUT2D eigenvalue weighted by molar-refractivity contribution is 7.99. The second-order valence-corrected chi connectivity index (χ2v) is 7.48. The van der Waals surface area contributed by atoms with Crippen molar-refractivity contribution in [2.75, 3.05) is 18.9 Å². The van der Waals surface area contributed by atoms with Crippen LogP contribution in [-0.4, -0.2) is 35.9 Å². The van der Waals surface area contributed by atoms with Crippen LogP contribution in [0.3, 0.4) is 0 Å². The second kappa shape index (κ2) is 11.2. The Morgan fingerprint density at radius 2 is 1.82 bits per heavy atom. The van der Waals surface area contributed by atoms with Crippen molar-refractivity contribution >= 4 is 23.6 Å². The number of carboxylic acids is 1. The van der Waals surface area contributed by atoms with Crippen LogP contribution < -0.4 is 10.1 Å². The number of hydrogen-bond donors (Lipinski definition) is 2. The highest BCUT2D eigenvalue weighted by Gasteiger charge is 2.10. The Bertz CT molecular complexity index is 827. The van der Waals surface area contributed by atoms with E-state index in [1.165, 1.54) is 5.57 Å². The molecule has 2 aromatic rings. The lowest BCUT2D eigenvalue weighted by atomic mass is 10.1. The third kappa shape index (κ3) is 7.48. The average molecular weight is 400 g/mol. The molecule has 0 saturated heterocycles. The fraction of sp³-hybridized carbons (Fsp3) is 0.273. The number of thioether (sulfide) groups is 1. The molecule has 0 bridgehead atoms. The third-order valence-electron chi connectivity index (χ3n) is 3.85. The minimum Gasteiger partial charge on any atom is -0.482 e. The van der Waals surface area contributed by atoms with Crippen molar-refractivity contribution in [1.29, 1.82) is 0 Å². The first-order valence-corrected chi connectivity index (χ1v) is 10.0. The number of aliphatic carboxylic acids is 1. The van der Waals surface area contributed by atoms with Crippen LogP contribution in [0.25, 0.3) is 0 Å². The van der Waals surface area contributed by atoms with Gasteiger partial charge in [-0.05, 0) is 50.1 Å². The molecule has 2 N–H and O–H groups in total. The first-order chi connectivity index (χ1) is 13.5. The number of benzene rings is 2. The van der Waals surface area contributed by atoms with Gasteiger partial charge in [-0.15, -0.1) is 11.8 Å². The molecule has 0 aliphatic heterocycles. The molecule has 0 aliphatic carbocycles. The quantitative estimate of drug-likeness (QED) is 0.463. The van der Waals surface area contributed by atoms with Crippen LogP contribution in [0.15, 0.2) is 65.1 Å². The van der Waals surface area contributed by atoms with Crippen molar-refractivity contribution < 1.29 is 19.4 Å².